The minimum atomic E-state index is 0.569. The van der Waals surface area contributed by atoms with Gasteiger partial charge in [0.05, 0.1) is 6.61 Å². The predicted octanol–water partition coefficient (Wildman–Crippen LogP) is 2.77. The van der Waals surface area contributed by atoms with Crippen molar-refractivity contribution in [1.29, 1.82) is 0 Å². The fraction of sp³-hybridized carbons (Fsp3) is 0.786. The first kappa shape index (κ1) is 13.4. The maximum absolute atomic E-state index is 5.11. The van der Waals surface area contributed by atoms with Crippen molar-refractivity contribution < 1.29 is 4.74 Å². The first-order valence-electron chi connectivity index (χ1n) is 6.97. The Balaban J connectivity index is 1.91. The van der Waals surface area contributed by atoms with E-state index < -0.39 is 0 Å². The van der Waals surface area contributed by atoms with Gasteiger partial charge >= 0.3 is 0 Å². The molecule has 0 spiro atoms. The Labute approximate surface area is 110 Å². The fourth-order valence-electron chi connectivity index (χ4n) is 2.68. The number of aromatic nitrogens is 2. The maximum atomic E-state index is 5.11. The van der Waals surface area contributed by atoms with E-state index in [1.165, 1.54) is 19.3 Å². The molecule has 1 fully saturated rings. The van der Waals surface area contributed by atoms with Gasteiger partial charge in [-0.25, -0.2) is 4.98 Å². The molecule has 1 aliphatic rings. The van der Waals surface area contributed by atoms with Crippen LogP contribution in [0.3, 0.4) is 0 Å². The first-order valence-corrected chi connectivity index (χ1v) is 6.97. The summed E-state index contributed by atoms with van der Waals surface area (Å²) in [6.45, 7) is 6.30. The Bertz CT molecular complexity index is 364. The van der Waals surface area contributed by atoms with E-state index in [0.29, 0.717) is 6.04 Å². The number of nitrogens with zero attached hydrogens (tertiary/aromatic N) is 2. The number of nitrogens with one attached hydrogen (secondary N) is 1. The molecule has 1 aromatic heterocycles. The summed E-state index contributed by atoms with van der Waals surface area (Å²) in [5.74, 6) is 2.65. The van der Waals surface area contributed by atoms with Crippen molar-refractivity contribution in [2.75, 3.05) is 19.0 Å². The van der Waals surface area contributed by atoms with Gasteiger partial charge in [0.25, 0.3) is 0 Å². The van der Waals surface area contributed by atoms with Crippen LogP contribution in [0, 0.1) is 11.8 Å². The van der Waals surface area contributed by atoms with Crippen LogP contribution in [-0.2, 0) is 11.3 Å². The zero-order valence-electron chi connectivity index (χ0n) is 11.7. The number of imidazole rings is 1. The van der Waals surface area contributed by atoms with E-state index >= 15 is 0 Å². The molecular weight excluding hydrogens is 226 g/mol. The van der Waals surface area contributed by atoms with Gasteiger partial charge in [-0.05, 0) is 31.1 Å². The average molecular weight is 251 g/mol. The summed E-state index contributed by atoms with van der Waals surface area (Å²) in [7, 11) is 1.73. The number of ether oxygens (including phenoxy) is 1. The molecule has 1 aliphatic carbocycles. The number of hydrogen-bond acceptors (Lipinski definition) is 3. The third kappa shape index (κ3) is 3.25. The molecule has 0 aromatic carbocycles. The molecule has 1 heterocycles. The van der Waals surface area contributed by atoms with Crippen LogP contribution in [0.5, 0.6) is 0 Å². The molecule has 0 aliphatic heterocycles. The summed E-state index contributed by atoms with van der Waals surface area (Å²) in [4.78, 5) is 4.40. The summed E-state index contributed by atoms with van der Waals surface area (Å²) in [5.41, 5.74) is 0. The Morgan fingerprint density at radius 2 is 2.22 bits per heavy atom. The van der Waals surface area contributed by atoms with Crippen LogP contribution < -0.4 is 5.32 Å². The van der Waals surface area contributed by atoms with Crippen LogP contribution in [0.4, 0.5) is 5.95 Å². The van der Waals surface area contributed by atoms with Crippen LogP contribution in [0.1, 0.15) is 33.1 Å². The van der Waals surface area contributed by atoms with Gasteiger partial charge in [-0.15, -0.1) is 0 Å². The second kappa shape index (κ2) is 6.23. The lowest BCUT2D eigenvalue weighted by Crippen LogP contribution is -2.31. The fourth-order valence-corrected chi connectivity index (χ4v) is 2.68. The third-order valence-corrected chi connectivity index (χ3v) is 4.18. The zero-order valence-corrected chi connectivity index (χ0v) is 11.7. The highest BCUT2D eigenvalue weighted by Crippen LogP contribution is 2.30. The summed E-state index contributed by atoms with van der Waals surface area (Å²) >= 11 is 0. The molecule has 3 atom stereocenters. The normalized spacial score (nSPS) is 28.3. The Hall–Kier alpha value is -1.03. The van der Waals surface area contributed by atoms with Crippen molar-refractivity contribution in [3.8, 4) is 0 Å². The molecule has 4 nitrogen and oxygen atoms in total. The molecule has 0 amide bonds. The van der Waals surface area contributed by atoms with E-state index in [2.05, 4.69) is 28.7 Å². The largest absolute Gasteiger partial charge is 0.383 e. The van der Waals surface area contributed by atoms with Gasteiger partial charge in [0.15, 0.2) is 0 Å². The van der Waals surface area contributed by atoms with Gasteiger partial charge in [0.1, 0.15) is 0 Å². The summed E-state index contributed by atoms with van der Waals surface area (Å²) < 4.78 is 7.25. The van der Waals surface area contributed by atoms with Gasteiger partial charge in [-0.1, -0.05) is 13.8 Å². The monoisotopic (exact) mass is 251 g/mol. The van der Waals surface area contributed by atoms with Crippen molar-refractivity contribution in [3.05, 3.63) is 12.4 Å². The predicted molar refractivity (Wildman–Crippen MR) is 73.7 cm³/mol. The molecule has 18 heavy (non-hydrogen) atoms. The first-order chi connectivity index (χ1) is 8.70. The lowest BCUT2D eigenvalue weighted by molar-refractivity contribution is 0.187. The van der Waals surface area contributed by atoms with Gasteiger partial charge in [-0.2, -0.15) is 0 Å². The van der Waals surface area contributed by atoms with Crippen molar-refractivity contribution >= 4 is 5.95 Å². The highest BCUT2D eigenvalue weighted by molar-refractivity contribution is 5.27. The van der Waals surface area contributed by atoms with E-state index in [0.717, 1.165) is 30.9 Å². The minimum Gasteiger partial charge on any atom is -0.383 e. The van der Waals surface area contributed by atoms with Crippen molar-refractivity contribution in [2.45, 2.75) is 45.7 Å². The molecule has 3 unspecified atom stereocenters. The van der Waals surface area contributed by atoms with Crippen LogP contribution in [0.2, 0.25) is 0 Å². The van der Waals surface area contributed by atoms with E-state index in [1.807, 2.05) is 12.4 Å². The van der Waals surface area contributed by atoms with E-state index in [9.17, 15) is 0 Å². The zero-order chi connectivity index (χ0) is 13.0. The van der Waals surface area contributed by atoms with Crippen LogP contribution in [0.15, 0.2) is 12.4 Å². The molecule has 0 bridgehead atoms. The lowest BCUT2D eigenvalue weighted by Gasteiger charge is -2.32. The van der Waals surface area contributed by atoms with E-state index in [-0.39, 0.29) is 0 Å². The van der Waals surface area contributed by atoms with Crippen molar-refractivity contribution in [1.82, 2.24) is 9.55 Å². The van der Waals surface area contributed by atoms with E-state index in [4.69, 9.17) is 4.74 Å². The molecule has 102 valence electrons. The Kier molecular flexibility index (Phi) is 4.64. The highest BCUT2D eigenvalue weighted by atomic mass is 16.5. The van der Waals surface area contributed by atoms with E-state index in [1.54, 1.807) is 7.11 Å². The molecular formula is C14H25N3O. The highest BCUT2D eigenvalue weighted by Gasteiger charge is 2.25. The second-order valence-corrected chi connectivity index (χ2v) is 5.55. The number of hydrogen-bond donors (Lipinski definition) is 1. The van der Waals surface area contributed by atoms with Gasteiger partial charge < -0.3 is 14.6 Å². The quantitative estimate of drug-likeness (QED) is 0.874. The molecule has 0 radical (unpaired) electrons. The summed E-state index contributed by atoms with van der Waals surface area (Å²) in [5, 5.41) is 3.59. The molecule has 1 saturated carbocycles. The topological polar surface area (TPSA) is 39.1 Å². The Morgan fingerprint density at radius 1 is 1.39 bits per heavy atom. The number of methoxy groups -OCH3 is 1. The lowest BCUT2D eigenvalue weighted by atomic mass is 9.79. The number of anilines is 1. The maximum Gasteiger partial charge on any atom is 0.203 e. The van der Waals surface area contributed by atoms with Crippen LogP contribution in [0.25, 0.3) is 0 Å². The van der Waals surface area contributed by atoms with Crippen molar-refractivity contribution in [3.63, 3.8) is 0 Å². The SMILES string of the molecule is COCCn1ccnc1NC1CCC(C)C(C)C1. The van der Waals surface area contributed by atoms with Crippen LogP contribution >= 0.6 is 0 Å². The molecule has 1 aromatic rings. The standard InChI is InChI=1S/C14H25N3O/c1-11-4-5-13(10-12(11)2)16-14-15-6-7-17(14)8-9-18-3/h6-7,11-13H,4-5,8-10H2,1-3H3,(H,15,16). The molecule has 4 heteroatoms. The third-order valence-electron chi connectivity index (χ3n) is 4.18. The van der Waals surface area contributed by atoms with Gasteiger partial charge in [0, 0.05) is 32.1 Å². The smallest absolute Gasteiger partial charge is 0.203 e. The minimum absolute atomic E-state index is 0.569. The molecule has 1 N–H and O–H groups in total. The molecule has 0 saturated heterocycles. The summed E-state index contributed by atoms with van der Waals surface area (Å²) in [6, 6.07) is 0.569. The molecule has 2 rings (SSSR count). The van der Waals surface area contributed by atoms with Crippen LogP contribution in [-0.4, -0.2) is 29.3 Å². The van der Waals surface area contributed by atoms with Gasteiger partial charge in [-0.3, -0.25) is 0 Å². The number of rotatable bonds is 5. The van der Waals surface area contributed by atoms with Gasteiger partial charge in [0.2, 0.25) is 5.95 Å². The second-order valence-electron chi connectivity index (χ2n) is 5.55. The summed E-state index contributed by atoms with van der Waals surface area (Å²) in [6.07, 6.45) is 7.68. The Morgan fingerprint density at radius 3 is 2.94 bits per heavy atom. The van der Waals surface area contributed by atoms with Crippen molar-refractivity contribution in [2.24, 2.45) is 11.8 Å². The average Bonchev–Trinajstić information content (AvgIpc) is 2.79.